The molecule has 2 aromatic rings. The molecule has 152 valence electrons. The van der Waals surface area contributed by atoms with E-state index >= 15 is 0 Å². The van der Waals surface area contributed by atoms with E-state index in [1.807, 2.05) is 6.92 Å². The van der Waals surface area contributed by atoms with E-state index < -0.39 is 21.1 Å². The number of nitro groups is 1. The highest BCUT2D eigenvalue weighted by Crippen LogP contribution is 2.38. The molecular formula is C18H21NO8S. The maximum Gasteiger partial charge on any atom is 0.296 e. The van der Waals surface area contributed by atoms with Crippen LogP contribution >= 0.6 is 0 Å². The zero-order valence-electron chi connectivity index (χ0n) is 15.6. The Morgan fingerprint density at radius 3 is 2.21 bits per heavy atom. The van der Waals surface area contributed by atoms with E-state index in [1.165, 1.54) is 32.4 Å². The van der Waals surface area contributed by atoms with Crippen molar-refractivity contribution >= 4 is 15.8 Å². The third-order valence-corrected chi connectivity index (χ3v) is 5.35. The van der Waals surface area contributed by atoms with Gasteiger partial charge in [-0.25, -0.2) is 0 Å². The molecule has 0 heterocycles. The lowest BCUT2D eigenvalue weighted by atomic mass is 10.0. The van der Waals surface area contributed by atoms with Crippen LogP contribution in [0.15, 0.2) is 41.3 Å². The van der Waals surface area contributed by atoms with E-state index in [0.717, 1.165) is 11.6 Å². The predicted molar refractivity (Wildman–Crippen MR) is 100 cm³/mol. The normalized spacial score (nSPS) is 12.4. The molecule has 28 heavy (non-hydrogen) atoms. The van der Waals surface area contributed by atoms with Crippen molar-refractivity contribution in [3.8, 4) is 11.5 Å². The average molecular weight is 411 g/mol. The van der Waals surface area contributed by atoms with Gasteiger partial charge in [0, 0.05) is 6.42 Å². The summed E-state index contributed by atoms with van der Waals surface area (Å²) in [7, 11) is -1.30. The SMILES string of the molecule is COc1cc(C(O)CCOS(=O)(=O)c2ccc(C)cc2)c([N+](=O)[O-])cc1OC. The molecule has 0 saturated heterocycles. The van der Waals surface area contributed by atoms with E-state index in [-0.39, 0.29) is 40.7 Å². The van der Waals surface area contributed by atoms with E-state index in [1.54, 1.807) is 12.1 Å². The summed E-state index contributed by atoms with van der Waals surface area (Å²) in [5, 5.41) is 21.7. The zero-order chi connectivity index (χ0) is 20.9. The number of aliphatic hydroxyl groups is 1. The van der Waals surface area contributed by atoms with Gasteiger partial charge in [0.2, 0.25) is 0 Å². The van der Waals surface area contributed by atoms with Gasteiger partial charge in [-0.2, -0.15) is 8.42 Å². The number of aryl methyl sites for hydroxylation is 1. The molecule has 0 aliphatic carbocycles. The Labute approximate surface area is 162 Å². The van der Waals surface area contributed by atoms with Crippen LogP contribution < -0.4 is 9.47 Å². The molecule has 1 atom stereocenters. The molecular weight excluding hydrogens is 390 g/mol. The maximum absolute atomic E-state index is 12.2. The monoisotopic (exact) mass is 411 g/mol. The van der Waals surface area contributed by atoms with Crippen molar-refractivity contribution in [3.05, 3.63) is 57.6 Å². The van der Waals surface area contributed by atoms with Gasteiger partial charge < -0.3 is 14.6 Å². The Hall–Kier alpha value is -2.69. The van der Waals surface area contributed by atoms with Crippen LogP contribution in [0.4, 0.5) is 5.69 Å². The lowest BCUT2D eigenvalue weighted by molar-refractivity contribution is -0.386. The molecule has 1 N–H and O–H groups in total. The fourth-order valence-electron chi connectivity index (χ4n) is 2.51. The summed E-state index contributed by atoms with van der Waals surface area (Å²) in [6.07, 6.45) is -1.52. The summed E-state index contributed by atoms with van der Waals surface area (Å²) in [6, 6.07) is 8.54. The molecule has 0 bridgehead atoms. The third kappa shape index (κ3) is 4.97. The first-order chi connectivity index (χ1) is 13.2. The number of methoxy groups -OCH3 is 2. The Morgan fingerprint density at radius 1 is 1.11 bits per heavy atom. The van der Waals surface area contributed by atoms with E-state index in [2.05, 4.69) is 0 Å². The number of hydrogen-bond donors (Lipinski definition) is 1. The smallest absolute Gasteiger partial charge is 0.296 e. The van der Waals surface area contributed by atoms with Crippen LogP contribution in [0.2, 0.25) is 0 Å². The van der Waals surface area contributed by atoms with Gasteiger partial charge in [-0.05, 0) is 25.1 Å². The van der Waals surface area contributed by atoms with Crippen LogP contribution in [0.25, 0.3) is 0 Å². The highest BCUT2D eigenvalue weighted by molar-refractivity contribution is 7.86. The number of ether oxygens (including phenoxy) is 2. The highest BCUT2D eigenvalue weighted by Gasteiger charge is 2.25. The molecule has 0 aromatic heterocycles. The number of hydrogen-bond acceptors (Lipinski definition) is 8. The molecule has 0 saturated carbocycles. The quantitative estimate of drug-likeness (QED) is 0.379. The van der Waals surface area contributed by atoms with Gasteiger partial charge in [-0.1, -0.05) is 17.7 Å². The van der Waals surface area contributed by atoms with Gasteiger partial charge in [-0.15, -0.1) is 0 Å². The van der Waals surface area contributed by atoms with E-state index in [0.29, 0.717) is 0 Å². The first-order valence-electron chi connectivity index (χ1n) is 8.24. The van der Waals surface area contributed by atoms with Gasteiger partial charge in [0.05, 0.1) is 48.4 Å². The summed E-state index contributed by atoms with van der Waals surface area (Å²) in [5.41, 5.74) is 0.501. The summed E-state index contributed by atoms with van der Waals surface area (Å²) >= 11 is 0. The van der Waals surface area contributed by atoms with Gasteiger partial charge in [0.15, 0.2) is 11.5 Å². The Kier molecular flexibility index (Phi) is 6.95. The second kappa shape index (κ2) is 9.00. The molecule has 0 fully saturated rings. The maximum atomic E-state index is 12.2. The van der Waals surface area contributed by atoms with Gasteiger partial charge >= 0.3 is 0 Å². The average Bonchev–Trinajstić information content (AvgIpc) is 2.66. The first-order valence-corrected chi connectivity index (χ1v) is 9.65. The summed E-state index contributed by atoms with van der Waals surface area (Å²) < 4.78 is 39.4. The second-order valence-corrected chi connectivity index (χ2v) is 7.53. The van der Waals surface area contributed by atoms with E-state index in [9.17, 15) is 23.6 Å². The number of aliphatic hydroxyl groups excluding tert-OH is 1. The van der Waals surface area contributed by atoms with Crippen molar-refractivity contribution in [2.75, 3.05) is 20.8 Å². The largest absolute Gasteiger partial charge is 0.493 e. The van der Waals surface area contributed by atoms with Crippen molar-refractivity contribution in [2.45, 2.75) is 24.3 Å². The summed E-state index contributed by atoms with van der Waals surface area (Å²) in [4.78, 5) is 10.6. The van der Waals surface area contributed by atoms with Crippen molar-refractivity contribution in [1.29, 1.82) is 0 Å². The number of benzene rings is 2. The molecule has 9 nitrogen and oxygen atoms in total. The minimum absolute atomic E-state index is 0.00955. The molecule has 2 aromatic carbocycles. The van der Waals surface area contributed by atoms with Crippen molar-refractivity contribution in [2.24, 2.45) is 0 Å². The van der Waals surface area contributed by atoms with Crippen LogP contribution in [0.3, 0.4) is 0 Å². The minimum Gasteiger partial charge on any atom is -0.493 e. The zero-order valence-corrected chi connectivity index (χ0v) is 16.4. The molecule has 0 radical (unpaired) electrons. The minimum atomic E-state index is -3.99. The van der Waals surface area contributed by atoms with Gasteiger partial charge in [0.1, 0.15) is 0 Å². The van der Waals surface area contributed by atoms with Crippen LogP contribution in [0.5, 0.6) is 11.5 Å². The molecule has 0 amide bonds. The molecule has 2 rings (SSSR count). The molecule has 0 spiro atoms. The van der Waals surface area contributed by atoms with Crippen molar-refractivity contribution in [3.63, 3.8) is 0 Å². The van der Waals surface area contributed by atoms with Gasteiger partial charge in [-0.3, -0.25) is 14.3 Å². The molecule has 10 heteroatoms. The molecule has 0 aliphatic rings. The van der Waals surface area contributed by atoms with Crippen molar-refractivity contribution < 1.29 is 32.1 Å². The van der Waals surface area contributed by atoms with Crippen LogP contribution in [0, 0.1) is 17.0 Å². The van der Waals surface area contributed by atoms with Crippen LogP contribution in [0.1, 0.15) is 23.7 Å². The summed E-state index contributed by atoms with van der Waals surface area (Å²) in [5.74, 6) is 0.346. The van der Waals surface area contributed by atoms with Crippen molar-refractivity contribution in [1.82, 2.24) is 0 Å². The highest BCUT2D eigenvalue weighted by atomic mass is 32.2. The molecule has 1 unspecified atom stereocenters. The van der Waals surface area contributed by atoms with Gasteiger partial charge in [0.25, 0.3) is 15.8 Å². The molecule has 0 aliphatic heterocycles. The lowest BCUT2D eigenvalue weighted by Crippen LogP contribution is -2.11. The number of nitro benzene ring substituents is 1. The Bertz CT molecular complexity index is 941. The second-order valence-electron chi connectivity index (χ2n) is 5.92. The fraction of sp³-hybridized carbons (Fsp3) is 0.333. The number of rotatable bonds is 9. The fourth-order valence-corrected chi connectivity index (χ4v) is 3.43. The Morgan fingerprint density at radius 2 is 1.68 bits per heavy atom. The predicted octanol–water partition coefficient (Wildman–Crippen LogP) is 2.75. The van der Waals surface area contributed by atoms with Crippen LogP contribution in [-0.2, 0) is 14.3 Å². The topological polar surface area (TPSA) is 125 Å². The third-order valence-electron chi connectivity index (χ3n) is 4.03. The summed E-state index contributed by atoms with van der Waals surface area (Å²) in [6.45, 7) is 1.46. The first kappa shape index (κ1) is 21.6. The lowest BCUT2D eigenvalue weighted by Gasteiger charge is -2.15. The number of nitrogens with zero attached hydrogens (tertiary/aromatic N) is 1. The Balaban J connectivity index is 2.15. The standard InChI is InChI=1S/C18H21NO8S/c1-12-4-6-13(7-5-12)28(23,24)27-9-8-16(20)14-10-17(25-2)18(26-3)11-15(14)19(21)22/h4-7,10-11,16,20H,8-9H2,1-3H3. The van der Waals surface area contributed by atoms with Crippen LogP contribution in [-0.4, -0.2) is 39.3 Å². The van der Waals surface area contributed by atoms with E-state index in [4.69, 9.17) is 13.7 Å².